The molecular formula is C12H24ClN3O2. The van der Waals surface area contributed by atoms with Gasteiger partial charge >= 0.3 is 0 Å². The normalized spacial score (nSPS) is 26.6. The molecular weight excluding hydrogens is 254 g/mol. The van der Waals surface area contributed by atoms with Crippen LogP contribution in [0.2, 0.25) is 0 Å². The second-order valence-corrected chi connectivity index (χ2v) is 5.06. The molecule has 106 valence electrons. The predicted octanol–water partition coefficient (Wildman–Crippen LogP) is 0.552. The van der Waals surface area contributed by atoms with Crippen molar-refractivity contribution in [2.75, 3.05) is 0 Å². The third-order valence-corrected chi connectivity index (χ3v) is 3.66. The summed E-state index contributed by atoms with van der Waals surface area (Å²) in [4.78, 5) is 23.2. The summed E-state index contributed by atoms with van der Waals surface area (Å²) in [5.74, 6) is -0.875. The van der Waals surface area contributed by atoms with Crippen molar-refractivity contribution in [2.45, 2.75) is 51.6 Å². The minimum absolute atomic E-state index is 0. The highest BCUT2D eigenvalue weighted by molar-refractivity contribution is 5.85. The van der Waals surface area contributed by atoms with Crippen molar-refractivity contribution in [3.05, 3.63) is 0 Å². The zero-order valence-electron chi connectivity index (χ0n) is 11.0. The van der Waals surface area contributed by atoms with Gasteiger partial charge in [-0.1, -0.05) is 19.8 Å². The molecule has 0 aromatic heterocycles. The third kappa shape index (κ3) is 4.46. The number of carbonyl (C=O) groups excluding carboxylic acids is 2. The number of halogens is 1. The van der Waals surface area contributed by atoms with Crippen molar-refractivity contribution in [1.29, 1.82) is 0 Å². The van der Waals surface area contributed by atoms with Gasteiger partial charge in [-0.25, -0.2) is 0 Å². The Labute approximate surface area is 114 Å². The number of nitrogens with one attached hydrogen (secondary N) is 1. The Balaban J connectivity index is 0.00000289. The van der Waals surface area contributed by atoms with Crippen LogP contribution in [0.25, 0.3) is 0 Å². The Hall–Kier alpha value is -0.810. The maximum absolute atomic E-state index is 11.9. The minimum atomic E-state index is -0.316. The summed E-state index contributed by atoms with van der Waals surface area (Å²) in [5.41, 5.74) is 11.0. The summed E-state index contributed by atoms with van der Waals surface area (Å²) in [6.07, 6.45) is 3.63. The lowest BCUT2D eigenvalue weighted by Gasteiger charge is -2.31. The smallest absolute Gasteiger partial charge is 0.224 e. The first-order chi connectivity index (χ1) is 7.93. The lowest BCUT2D eigenvalue weighted by Crippen LogP contribution is -2.50. The van der Waals surface area contributed by atoms with Crippen LogP contribution in [-0.2, 0) is 9.59 Å². The van der Waals surface area contributed by atoms with Crippen LogP contribution in [0.3, 0.4) is 0 Å². The van der Waals surface area contributed by atoms with Gasteiger partial charge in [0.15, 0.2) is 0 Å². The van der Waals surface area contributed by atoms with E-state index in [0.29, 0.717) is 0 Å². The van der Waals surface area contributed by atoms with Crippen molar-refractivity contribution in [2.24, 2.45) is 23.3 Å². The molecule has 1 fully saturated rings. The second kappa shape index (κ2) is 7.59. The summed E-state index contributed by atoms with van der Waals surface area (Å²) >= 11 is 0. The average Bonchev–Trinajstić information content (AvgIpc) is 2.28. The highest BCUT2D eigenvalue weighted by Gasteiger charge is 2.31. The highest BCUT2D eigenvalue weighted by atomic mass is 35.5. The molecule has 0 aromatic rings. The first-order valence-corrected chi connectivity index (χ1v) is 6.28. The fourth-order valence-corrected chi connectivity index (χ4v) is 2.20. The number of nitrogens with two attached hydrogens (primary N) is 2. The molecule has 1 rings (SSSR count). The van der Waals surface area contributed by atoms with Crippen LogP contribution in [0.1, 0.15) is 39.5 Å². The molecule has 0 bridgehead atoms. The zero-order valence-corrected chi connectivity index (χ0v) is 11.8. The monoisotopic (exact) mass is 277 g/mol. The number of hydrogen-bond donors (Lipinski definition) is 3. The van der Waals surface area contributed by atoms with Crippen LogP contribution in [0.5, 0.6) is 0 Å². The van der Waals surface area contributed by atoms with Gasteiger partial charge < -0.3 is 16.8 Å². The number of amides is 2. The molecule has 5 nitrogen and oxygen atoms in total. The molecule has 0 radical (unpaired) electrons. The van der Waals surface area contributed by atoms with Crippen LogP contribution in [0.4, 0.5) is 0 Å². The van der Waals surface area contributed by atoms with Crippen LogP contribution < -0.4 is 16.8 Å². The van der Waals surface area contributed by atoms with Crippen LogP contribution in [0, 0.1) is 11.8 Å². The van der Waals surface area contributed by atoms with Crippen molar-refractivity contribution >= 4 is 24.2 Å². The molecule has 18 heavy (non-hydrogen) atoms. The molecule has 5 N–H and O–H groups in total. The van der Waals surface area contributed by atoms with Gasteiger partial charge in [0.05, 0.1) is 5.92 Å². The molecule has 0 saturated heterocycles. The maximum atomic E-state index is 11.9. The molecule has 1 aliphatic rings. The van der Waals surface area contributed by atoms with E-state index in [-0.39, 0.29) is 48.1 Å². The first kappa shape index (κ1) is 17.2. The minimum Gasteiger partial charge on any atom is -0.369 e. The fraction of sp³-hybridized carbons (Fsp3) is 0.833. The third-order valence-electron chi connectivity index (χ3n) is 3.66. The largest absolute Gasteiger partial charge is 0.369 e. The molecule has 0 aliphatic heterocycles. The molecule has 6 heteroatoms. The maximum Gasteiger partial charge on any atom is 0.224 e. The van der Waals surface area contributed by atoms with Crippen LogP contribution >= 0.6 is 12.4 Å². The van der Waals surface area contributed by atoms with E-state index in [4.69, 9.17) is 11.5 Å². The van der Waals surface area contributed by atoms with Gasteiger partial charge in [-0.05, 0) is 19.8 Å². The van der Waals surface area contributed by atoms with Crippen molar-refractivity contribution in [3.63, 3.8) is 0 Å². The molecule has 1 aliphatic carbocycles. The molecule has 4 atom stereocenters. The number of carbonyl (C=O) groups is 2. The lowest BCUT2D eigenvalue weighted by atomic mass is 9.83. The molecule has 0 spiro atoms. The van der Waals surface area contributed by atoms with E-state index in [0.717, 1.165) is 25.7 Å². The van der Waals surface area contributed by atoms with Crippen molar-refractivity contribution in [1.82, 2.24) is 5.32 Å². The SMILES string of the molecule is CC(N)C(C)C(=O)NC1CCCCC1C(N)=O.Cl. The Kier molecular flexibility index (Phi) is 7.25. The summed E-state index contributed by atoms with van der Waals surface area (Å²) in [5, 5.41) is 2.91. The quantitative estimate of drug-likeness (QED) is 0.700. The van der Waals surface area contributed by atoms with E-state index < -0.39 is 0 Å². The Morgan fingerprint density at radius 3 is 2.28 bits per heavy atom. The van der Waals surface area contributed by atoms with E-state index in [1.807, 2.05) is 0 Å². The molecule has 4 unspecified atom stereocenters. The van der Waals surface area contributed by atoms with Gasteiger partial charge in [-0.3, -0.25) is 9.59 Å². The van der Waals surface area contributed by atoms with Gasteiger partial charge in [-0.15, -0.1) is 12.4 Å². The van der Waals surface area contributed by atoms with E-state index in [1.54, 1.807) is 13.8 Å². The summed E-state index contributed by atoms with van der Waals surface area (Å²) in [6.45, 7) is 3.60. The standard InChI is InChI=1S/C12H23N3O2.ClH/c1-7(8(2)13)12(17)15-10-6-4-3-5-9(10)11(14)16;/h7-10H,3-6,13H2,1-2H3,(H2,14,16)(H,15,17);1H. The number of primary amides is 1. The first-order valence-electron chi connectivity index (χ1n) is 6.28. The van der Waals surface area contributed by atoms with E-state index >= 15 is 0 Å². The number of rotatable bonds is 4. The van der Waals surface area contributed by atoms with E-state index in [9.17, 15) is 9.59 Å². The summed E-state index contributed by atoms with van der Waals surface area (Å²) < 4.78 is 0. The van der Waals surface area contributed by atoms with Gasteiger partial charge in [0.1, 0.15) is 0 Å². The Morgan fingerprint density at radius 1 is 1.22 bits per heavy atom. The van der Waals surface area contributed by atoms with E-state index in [2.05, 4.69) is 5.32 Å². The summed E-state index contributed by atoms with van der Waals surface area (Å²) in [7, 11) is 0. The van der Waals surface area contributed by atoms with Gasteiger partial charge in [0.2, 0.25) is 11.8 Å². The van der Waals surface area contributed by atoms with Gasteiger partial charge in [0, 0.05) is 18.0 Å². The average molecular weight is 278 g/mol. The topological polar surface area (TPSA) is 98.2 Å². The highest BCUT2D eigenvalue weighted by Crippen LogP contribution is 2.24. The fourth-order valence-electron chi connectivity index (χ4n) is 2.20. The summed E-state index contributed by atoms with van der Waals surface area (Å²) in [6, 6.07) is -0.305. The lowest BCUT2D eigenvalue weighted by molar-refractivity contribution is -0.128. The molecule has 0 heterocycles. The molecule has 1 saturated carbocycles. The number of hydrogen-bond acceptors (Lipinski definition) is 3. The van der Waals surface area contributed by atoms with Crippen LogP contribution in [0.15, 0.2) is 0 Å². The van der Waals surface area contributed by atoms with Gasteiger partial charge in [-0.2, -0.15) is 0 Å². The predicted molar refractivity (Wildman–Crippen MR) is 73.1 cm³/mol. The Bertz CT molecular complexity index is 297. The van der Waals surface area contributed by atoms with E-state index in [1.165, 1.54) is 0 Å². The van der Waals surface area contributed by atoms with Gasteiger partial charge in [0.25, 0.3) is 0 Å². The zero-order chi connectivity index (χ0) is 13.0. The van der Waals surface area contributed by atoms with Crippen molar-refractivity contribution < 1.29 is 9.59 Å². The van der Waals surface area contributed by atoms with Crippen LogP contribution in [-0.4, -0.2) is 23.9 Å². The van der Waals surface area contributed by atoms with Crippen molar-refractivity contribution in [3.8, 4) is 0 Å². The molecule has 0 aromatic carbocycles. The Morgan fingerprint density at radius 2 is 1.78 bits per heavy atom. The second-order valence-electron chi connectivity index (χ2n) is 5.06. The molecule has 2 amide bonds.